The van der Waals surface area contributed by atoms with Crippen molar-refractivity contribution in [3.63, 3.8) is 0 Å². The van der Waals surface area contributed by atoms with E-state index in [4.69, 9.17) is 0 Å². The highest BCUT2D eigenvalue weighted by Gasteiger charge is 2.28. The number of rotatable bonds is 9. The Bertz CT molecular complexity index is 916. The van der Waals surface area contributed by atoms with E-state index in [0.29, 0.717) is 12.5 Å². The molecule has 0 saturated heterocycles. The summed E-state index contributed by atoms with van der Waals surface area (Å²) in [6, 6.07) is 14.3. The second-order valence-electron chi connectivity index (χ2n) is 6.30. The summed E-state index contributed by atoms with van der Waals surface area (Å²) < 4.78 is 65.8. The number of hydrogen-bond acceptors (Lipinski definition) is 4. The number of nitrogens with zero attached hydrogens (tertiary/aromatic N) is 1. The van der Waals surface area contributed by atoms with E-state index >= 15 is 0 Å². The zero-order valence-electron chi connectivity index (χ0n) is 16.4. The van der Waals surface area contributed by atoms with Gasteiger partial charge in [0, 0.05) is 13.1 Å². The molecule has 0 aliphatic heterocycles. The molecule has 0 amide bonds. The van der Waals surface area contributed by atoms with E-state index in [1.165, 1.54) is 12.1 Å². The number of hydrogen-bond donors (Lipinski definition) is 2. The third-order valence-electron chi connectivity index (χ3n) is 3.86. The van der Waals surface area contributed by atoms with Crippen LogP contribution in [0.3, 0.4) is 0 Å². The number of benzene rings is 2. The molecule has 164 valence electrons. The van der Waals surface area contributed by atoms with E-state index in [0.717, 1.165) is 5.56 Å². The fraction of sp³-hybridized carbons (Fsp3) is 0.350. The SMILES string of the molecule is CCNC(=NCc1ccc(OCC(F)(F)F)cc1)NCCS(=O)(=O)c1ccccc1. The number of alkyl halides is 3. The van der Waals surface area contributed by atoms with Crippen molar-refractivity contribution < 1.29 is 26.3 Å². The van der Waals surface area contributed by atoms with Crippen LogP contribution in [-0.2, 0) is 16.4 Å². The molecule has 0 aromatic heterocycles. The first-order chi connectivity index (χ1) is 14.2. The van der Waals surface area contributed by atoms with Gasteiger partial charge in [-0.15, -0.1) is 0 Å². The fourth-order valence-corrected chi connectivity index (χ4v) is 3.60. The van der Waals surface area contributed by atoms with Crippen molar-refractivity contribution in [1.29, 1.82) is 0 Å². The number of halogens is 3. The Morgan fingerprint density at radius 1 is 1.03 bits per heavy atom. The molecule has 0 spiro atoms. The van der Waals surface area contributed by atoms with E-state index in [2.05, 4.69) is 20.4 Å². The predicted octanol–water partition coefficient (Wildman–Crippen LogP) is 3.16. The van der Waals surface area contributed by atoms with E-state index < -0.39 is 22.6 Å². The molecule has 2 aromatic carbocycles. The van der Waals surface area contributed by atoms with Crippen LogP contribution < -0.4 is 15.4 Å². The lowest BCUT2D eigenvalue weighted by atomic mass is 10.2. The third kappa shape index (κ3) is 8.32. The normalized spacial score (nSPS) is 12.5. The Balaban J connectivity index is 1.89. The number of ether oxygens (including phenoxy) is 1. The topological polar surface area (TPSA) is 79.8 Å². The molecule has 0 aliphatic rings. The van der Waals surface area contributed by atoms with E-state index in [1.807, 2.05) is 6.92 Å². The van der Waals surface area contributed by atoms with Crippen molar-refractivity contribution >= 4 is 15.8 Å². The van der Waals surface area contributed by atoms with Crippen molar-refractivity contribution in [2.75, 3.05) is 25.4 Å². The van der Waals surface area contributed by atoms with Gasteiger partial charge in [-0.25, -0.2) is 13.4 Å². The van der Waals surface area contributed by atoms with Gasteiger partial charge in [-0.2, -0.15) is 13.2 Å². The van der Waals surface area contributed by atoms with Gasteiger partial charge in [0.25, 0.3) is 0 Å². The van der Waals surface area contributed by atoms with Crippen molar-refractivity contribution in [3.8, 4) is 5.75 Å². The Kier molecular flexibility index (Phi) is 8.52. The van der Waals surface area contributed by atoms with Crippen molar-refractivity contribution in [2.24, 2.45) is 4.99 Å². The van der Waals surface area contributed by atoms with Crippen LogP contribution in [0.15, 0.2) is 64.5 Å². The van der Waals surface area contributed by atoms with E-state index in [1.54, 1.807) is 42.5 Å². The van der Waals surface area contributed by atoms with Gasteiger partial charge in [0.2, 0.25) is 0 Å². The molecule has 0 radical (unpaired) electrons. The number of nitrogens with one attached hydrogen (secondary N) is 2. The highest BCUT2D eigenvalue weighted by Crippen LogP contribution is 2.19. The van der Waals surface area contributed by atoms with Crippen LogP contribution in [0.25, 0.3) is 0 Å². The second-order valence-corrected chi connectivity index (χ2v) is 8.41. The van der Waals surface area contributed by atoms with Crippen LogP contribution in [-0.4, -0.2) is 46.0 Å². The maximum Gasteiger partial charge on any atom is 0.422 e. The minimum absolute atomic E-state index is 0.0906. The maximum atomic E-state index is 12.3. The zero-order chi connectivity index (χ0) is 22.0. The molecule has 2 rings (SSSR count). The smallest absolute Gasteiger partial charge is 0.422 e. The predicted molar refractivity (Wildman–Crippen MR) is 109 cm³/mol. The second kappa shape index (κ2) is 10.9. The third-order valence-corrected chi connectivity index (χ3v) is 5.59. The molecule has 0 bridgehead atoms. The molecule has 2 N–H and O–H groups in total. The molecular weight excluding hydrogens is 419 g/mol. The van der Waals surface area contributed by atoms with E-state index in [9.17, 15) is 21.6 Å². The van der Waals surface area contributed by atoms with Crippen molar-refractivity contribution in [1.82, 2.24) is 10.6 Å². The summed E-state index contributed by atoms with van der Waals surface area (Å²) in [5.41, 5.74) is 0.767. The van der Waals surface area contributed by atoms with Gasteiger partial charge in [0.15, 0.2) is 22.4 Å². The van der Waals surface area contributed by atoms with Crippen LogP contribution in [0.4, 0.5) is 13.2 Å². The highest BCUT2D eigenvalue weighted by atomic mass is 32.2. The number of guanidine groups is 1. The van der Waals surface area contributed by atoms with Crippen LogP contribution in [0.5, 0.6) is 5.75 Å². The molecule has 0 atom stereocenters. The van der Waals surface area contributed by atoms with Crippen LogP contribution in [0, 0.1) is 0 Å². The molecule has 30 heavy (non-hydrogen) atoms. The lowest BCUT2D eigenvalue weighted by Crippen LogP contribution is -2.39. The summed E-state index contributed by atoms with van der Waals surface area (Å²) in [5, 5.41) is 6.00. The molecular formula is C20H24F3N3O3S. The first kappa shape index (κ1) is 23.5. The molecule has 0 aliphatic carbocycles. The molecule has 10 heteroatoms. The minimum Gasteiger partial charge on any atom is -0.484 e. The van der Waals surface area contributed by atoms with Crippen LogP contribution >= 0.6 is 0 Å². The number of sulfone groups is 1. The Morgan fingerprint density at radius 3 is 2.30 bits per heavy atom. The van der Waals surface area contributed by atoms with Crippen molar-refractivity contribution in [2.45, 2.75) is 24.5 Å². The molecule has 6 nitrogen and oxygen atoms in total. The first-order valence-electron chi connectivity index (χ1n) is 9.28. The van der Waals surface area contributed by atoms with Gasteiger partial charge in [-0.1, -0.05) is 30.3 Å². The van der Waals surface area contributed by atoms with Crippen LogP contribution in [0.2, 0.25) is 0 Å². The average molecular weight is 443 g/mol. The summed E-state index contributed by atoms with van der Waals surface area (Å²) >= 11 is 0. The summed E-state index contributed by atoms with van der Waals surface area (Å²) in [5.74, 6) is 0.474. The van der Waals surface area contributed by atoms with Gasteiger partial charge in [0.1, 0.15) is 5.75 Å². The number of aliphatic imine (C=N–C) groups is 1. The van der Waals surface area contributed by atoms with Gasteiger partial charge in [-0.05, 0) is 36.8 Å². The van der Waals surface area contributed by atoms with E-state index in [-0.39, 0.29) is 29.5 Å². The van der Waals surface area contributed by atoms with Crippen LogP contribution in [0.1, 0.15) is 12.5 Å². The minimum atomic E-state index is -4.39. The van der Waals surface area contributed by atoms with Gasteiger partial charge in [0.05, 0.1) is 17.2 Å². The Labute approximate surface area is 174 Å². The summed E-state index contributed by atoms with van der Waals surface area (Å²) in [7, 11) is -3.40. The molecule has 0 fully saturated rings. The molecule has 0 saturated carbocycles. The monoisotopic (exact) mass is 443 g/mol. The summed E-state index contributed by atoms with van der Waals surface area (Å²) in [6.45, 7) is 1.56. The quantitative estimate of drug-likeness (QED) is 0.460. The average Bonchev–Trinajstić information content (AvgIpc) is 2.71. The molecule has 2 aromatic rings. The Morgan fingerprint density at radius 2 is 1.70 bits per heavy atom. The molecule has 0 unspecified atom stereocenters. The first-order valence-corrected chi connectivity index (χ1v) is 10.9. The highest BCUT2D eigenvalue weighted by molar-refractivity contribution is 7.91. The van der Waals surface area contributed by atoms with Crippen molar-refractivity contribution in [3.05, 3.63) is 60.2 Å². The lowest BCUT2D eigenvalue weighted by molar-refractivity contribution is -0.153. The standard InChI is InChI=1S/C20H24F3N3O3S/c1-2-24-19(25-12-13-30(27,28)18-6-4-3-5-7-18)26-14-16-8-10-17(11-9-16)29-15-20(21,22)23/h3-11H,2,12-15H2,1H3,(H2,24,25,26). The van der Waals surface area contributed by atoms with Gasteiger partial charge in [-0.3, -0.25) is 0 Å². The van der Waals surface area contributed by atoms with Gasteiger partial charge >= 0.3 is 6.18 Å². The Hall–Kier alpha value is -2.75. The summed E-state index contributed by atoms with van der Waals surface area (Å²) in [6.07, 6.45) is -4.39. The van der Waals surface area contributed by atoms with Gasteiger partial charge < -0.3 is 15.4 Å². The molecule has 0 heterocycles. The summed E-state index contributed by atoms with van der Waals surface area (Å²) in [4.78, 5) is 4.64. The fourth-order valence-electron chi connectivity index (χ4n) is 2.42. The lowest BCUT2D eigenvalue weighted by Gasteiger charge is -2.12. The largest absolute Gasteiger partial charge is 0.484 e. The zero-order valence-corrected chi connectivity index (χ0v) is 17.3. The maximum absolute atomic E-state index is 12.3.